The number of carbonyl (C=O) groups is 2. The Morgan fingerprint density at radius 1 is 1.33 bits per heavy atom. The Morgan fingerprint density at radius 3 is 2.57 bits per heavy atom. The average molecular weight is 295 g/mol. The summed E-state index contributed by atoms with van der Waals surface area (Å²) in [4.78, 5) is 22.7. The number of hydrogen-bond acceptors (Lipinski definition) is 5. The van der Waals surface area contributed by atoms with Gasteiger partial charge >= 0.3 is 5.97 Å². The lowest BCUT2D eigenvalue weighted by Crippen LogP contribution is -2.58. The summed E-state index contributed by atoms with van der Waals surface area (Å²) in [5.41, 5.74) is 0.822. The van der Waals surface area contributed by atoms with E-state index in [9.17, 15) is 19.8 Å². The van der Waals surface area contributed by atoms with E-state index in [0.29, 0.717) is 0 Å². The largest absolute Gasteiger partial charge is 0.477 e. The molecule has 114 valence electrons. The zero-order valence-electron chi connectivity index (χ0n) is 11.2. The Kier molecular flexibility index (Phi) is 4.56. The quantitative estimate of drug-likeness (QED) is 0.582. The van der Waals surface area contributed by atoms with Gasteiger partial charge in [0.2, 0.25) is 5.91 Å². The number of carboxylic acids is 1. The molecule has 1 fully saturated rings. The average Bonchev–Trinajstić information content (AvgIpc) is 2.43. The zero-order chi connectivity index (χ0) is 15.5. The van der Waals surface area contributed by atoms with E-state index in [0.717, 1.165) is 5.56 Å². The highest BCUT2D eigenvalue weighted by atomic mass is 16.6. The van der Waals surface area contributed by atoms with Crippen LogP contribution in [0.4, 0.5) is 0 Å². The van der Waals surface area contributed by atoms with Crippen molar-refractivity contribution >= 4 is 11.9 Å². The second-order valence-corrected chi connectivity index (χ2v) is 5.01. The van der Waals surface area contributed by atoms with E-state index >= 15 is 0 Å². The molecule has 0 bridgehead atoms. The summed E-state index contributed by atoms with van der Waals surface area (Å²) in [7, 11) is 0. The molecule has 1 heterocycles. The van der Waals surface area contributed by atoms with Crippen molar-refractivity contribution in [2.24, 2.45) is 0 Å². The number of carboxylic acid groups (broad SMARTS) is 1. The van der Waals surface area contributed by atoms with Crippen LogP contribution in [0.1, 0.15) is 12.0 Å². The summed E-state index contributed by atoms with van der Waals surface area (Å²) in [5.74, 6) is -4.27. The van der Waals surface area contributed by atoms with Crippen molar-refractivity contribution in [3.05, 3.63) is 35.9 Å². The zero-order valence-corrected chi connectivity index (χ0v) is 11.2. The van der Waals surface area contributed by atoms with E-state index in [1.807, 2.05) is 18.2 Å². The van der Waals surface area contributed by atoms with Gasteiger partial charge in [0, 0.05) is 6.42 Å². The molecule has 1 saturated heterocycles. The van der Waals surface area contributed by atoms with Gasteiger partial charge in [0.15, 0.2) is 0 Å². The van der Waals surface area contributed by atoms with Gasteiger partial charge in [-0.1, -0.05) is 30.3 Å². The van der Waals surface area contributed by atoms with Crippen LogP contribution in [-0.4, -0.2) is 51.7 Å². The Hall–Kier alpha value is -1.96. The Bertz CT molecular complexity index is 519. The number of rotatable bonds is 4. The Balaban J connectivity index is 1.89. The number of carbonyl (C=O) groups excluding carboxylic acids is 1. The van der Waals surface area contributed by atoms with Crippen molar-refractivity contribution in [1.29, 1.82) is 0 Å². The van der Waals surface area contributed by atoms with E-state index in [1.165, 1.54) is 0 Å². The molecular formula is C14H17NO6. The molecular weight excluding hydrogens is 278 g/mol. The lowest BCUT2D eigenvalue weighted by molar-refractivity contribution is -0.253. The van der Waals surface area contributed by atoms with Gasteiger partial charge in [-0.15, -0.1) is 0 Å². The van der Waals surface area contributed by atoms with Crippen molar-refractivity contribution in [2.45, 2.75) is 30.8 Å². The predicted octanol–water partition coefficient (Wildman–Crippen LogP) is -0.732. The molecule has 1 aliphatic rings. The molecule has 0 saturated carbocycles. The normalized spacial score (nSPS) is 28.9. The number of ether oxygens (including phenoxy) is 1. The van der Waals surface area contributed by atoms with E-state index in [2.05, 4.69) is 5.32 Å². The predicted molar refractivity (Wildman–Crippen MR) is 71.2 cm³/mol. The SMILES string of the molecule is O=C(Cc1ccccc1)N[C@H]1COC(O)(C(=O)O)C[C@@H]1O. The van der Waals surface area contributed by atoms with Crippen LogP contribution >= 0.6 is 0 Å². The Morgan fingerprint density at radius 2 is 2.00 bits per heavy atom. The first-order valence-electron chi connectivity index (χ1n) is 6.52. The summed E-state index contributed by atoms with van der Waals surface area (Å²) in [5, 5.41) is 30.8. The van der Waals surface area contributed by atoms with Gasteiger partial charge in [0.1, 0.15) is 0 Å². The van der Waals surface area contributed by atoms with E-state index in [-0.39, 0.29) is 18.9 Å². The first-order valence-corrected chi connectivity index (χ1v) is 6.52. The van der Waals surface area contributed by atoms with Crippen LogP contribution in [-0.2, 0) is 20.7 Å². The number of hydrogen-bond donors (Lipinski definition) is 4. The second-order valence-electron chi connectivity index (χ2n) is 5.01. The van der Waals surface area contributed by atoms with E-state index in [1.54, 1.807) is 12.1 Å². The minimum Gasteiger partial charge on any atom is -0.477 e. The molecule has 1 amide bonds. The van der Waals surface area contributed by atoms with Gasteiger partial charge in [-0.25, -0.2) is 4.79 Å². The molecule has 1 aromatic carbocycles. The van der Waals surface area contributed by atoms with Crippen LogP contribution in [0.3, 0.4) is 0 Å². The monoisotopic (exact) mass is 295 g/mol. The van der Waals surface area contributed by atoms with Crippen molar-refractivity contribution in [3.8, 4) is 0 Å². The molecule has 4 N–H and O–H groups in total. The Labute approximate surface area is 121 Å². The van der Waals surface area contributed by atoms with Crippen LogP contribution < -0.4 is 5.32 Å². The van der Waals surface area contributed by atoms with Gasteiger partial charge < -0.3 is 25.4 Å². The highest BCUT2D eigenvalue weighted by Gasteiger charge is 2.46. The summed E-state index contributed by atoms with van der Waals surface area (Å²) < 4.78 is 4.84. The lowest BCUT2D eigenvalue weighted by Gasteiger charge is -2.36. The molecule has 7 nitrogen and oxygen atoms in total. The maximum absolute atomic E-state index is 11.9. The minimum absolute atomic E-state index is 0.146. The fraction of sp³-hybridized carbons (Fsp3) is 0.429. The third-order valence-corrected chi connectivity index (χ3v) is 3.34. The summed E-state index contributed by atoms with van der Waals surface area (Å²) >= 11 is 0. The van der Waals surface area contributed by atoms with Crippen molar-refractivity contribution in [2.75, 3.05) is 6.61 Å². The number of nitrogens with one attached hydrogen (secondary N) is 1. The molecule has 1 unspecified atom stereocenters. The molecule has 0 spiro atoms. The number of aliphatic hydroxyl groups is 2. The van der Waals surface area contributed by atoms with Gasteiger partial charge in [0.05, 0.1) is 25.2 Å². The molecule has 0 aliphatic carbocycles. The topological polar surface area (TPSA) is 116 Å². The molecule has 21 heavy (non-hydrogen) atoms. The van der Waals surface area contributed by atoms with Crippen molar-refractivity contribution in [1.82, 2.24) is 5.32 Å². The summed E-state index contributed by atoms with van der Waals surface area (Å²) in [6, 6.07) is 8.32. The van der Waals surface area contributed by atoms with Gasteiger partial charge in [-0.05, 0) is 5.56 Å². The fourth-order valence-corrected chi connectivity index (χ4v) is 2.15. The molecule has 1 aromatic rings. The van der Waals surface area contributed by atoms with E-state index in [4.69, 9.17) is 9.84 Å². The molecule has 0 aromatic heterocycles. The third kappa shape index (κ3) is 3.78. The number of amides is 1. The molecule has 3 atom stereocenters. The highest BCUT2D eigenvalue weighted by Crippen LogP contribution is 2.23. The van der Waals surface area contributed by atoms with Crippen LogP contribution in [0.25, 0.3) is 0 Å². The lowest BCUT2D eigenvalue weighted by atomic mass is 9.98. The van der Waals surface area contributed by atoms with Gasteiger partial charge in [-0.3, -0.25) is 4.79 Å². The smallest absolute Gasteiger partial charge is 0.364 e. The van der Waals surface area contributed by atoms with Crippen LogP contribution in [0.5, 0.6) is 0 Å². The van der Waals surface area contributed by atoms with Crippen LogP contribution in [0.2, 0.25) is 0 Å². The summed E-state index contributed by atoms with van der Waals surface area (Å²) in [6.45, 7) is -0.273. The number of aliphatic hydroxyl groups excluding tert-OH is 1. The minimum atomic E-state index is -2.40. The summed E-state index contributed by atoms with van der Waals surface area (Å²) in [6.07, 6.45) is -1.55. The van der Waals surface area contributed by atoms with Crippen molar-refractivity contribution in [3.63, 3.8) is 0 Å². The van der Waals surface area contributed by atoms with Crippen molar-refractivity contribution < 1.29 is 29.6 Å². The molecule has 0 radical (unpaired) electrons. The highest BCUT2D eigenvalue weighted by molar-refractivity contribution is 5.79. The first kappa shape index (κ1) is 15.4. The second kappa shape index (κ2) is 6.21. The maximum Gasteiger partial charge on any atom is 0.364 e. The number of benzene rings is 1. The maximum atomic E-state index is 11.9. The third-order valence-electron chi connectivity index (χ3n) is 3.34. The van der Waals surface area contributed by atoms with Crippen LogP contribution in [0.15, 0.2) is 30.3 Å². The standard InChI is InChI=1S/C14H17NO6/c16-11-7-14(20,13(18)19)21-8-10(11)15-12(17)6-9-4-2-1-3-5-9/h1-5,10-11,16,20H,6-8H2,(H,15,17)(H,18,19)/t10-,11-,14?/m0/s1. The van der Waals surface area contributed by atoms with Crippen LogP contribution in [0, 0.1) is 0 Å². The fourth-order valence-electron chi connectivity index (χ4n) is 2.15. The van der Waals surface area contributed by atoms with Gasteiger partial charge in [-0.2, -0.15) is 0 Å². The number of aliphatic carboxylic acids is 1. The van der Waals surface area contributed by atoms with E-state index < -0.39 is 30.3 Å². The molecule has 7 heteroatoms. The molecule has 1 aliphatic heterocycles. The van der Waals surface area contributed by atoms with Gasteiger partial charge in [0.25, 0.3) is 5.79 Å². The molecule has 2 rings (SSSR count). The first-order chi connectivity index (χ1) is 9.90.